The van der Waals surface area contributed by atoms with E-state index >= 15 is 0 Å². The van der Waals surface area contributed by atoms with E-state index in [-0.39, 0.29) is 28.3 Å². The first kappa shape index (κ1) is 23.2. The van der Waals surface area contributed by atoms with Crippen LogP contribution >= 0.6 is 11.8 Å². The lowest BCUT2D eigenvalue weighted by Crippen LogP contribution is -2.41. The molecule has 1 aliphatic rings. The van der Waals surface area contributed by atoms with Gasteiger partial charge in [0.15, 0.2) is 16.3 Å². The molecule has 0 spiro atoms. The molecule has 0 aliphatic heterocycles. The summed E-state index contributed by atoms with van der Waals surface area (Å²) in [5.74, 6) is 0.743. The first-order valence-electron chi connectivity index (χ1n) is 11.4. The molecule has 1 N–H and O–H groups in total. The second-order valence-electron chi connectivity index (χ2n) is 8.22. The third-order valence-electron chi connectivity index (χ3n) is 5.92. The second-order valence-corrected chi connectivity index (χ2v) is 9.39. The summed E-state index contributed by atoms with van der Waals surface area (Å²) in [6.45, 7) is 2.29. The summed E-state index contributed by atoms with van der Waals surface area (Å²) < 4.78 is 6.82. The molecule has 3 aromatic rings. The van der Waals surface area contributed by atoms with Crippen LogP contribution in [0.25, 0.3) is 11.2 Å². The second kappa shape index (κ2) is 10.8. The summed E-state index contributed by atoms with van der Waals surface area (Å²) in [5.41, 5.74) is 1.16. The molecule has 1 aliphatic carbocycles. The number of benzene rings is 1. The molecule has 2 heterocycles. The first-order chi connectivity index (χ1) is 16.1. The average Bonchev–Trinajstić information content (AvgIpc) is 2.85. The fraction of sp³-hybridized carbons (Fsp3) is 0.458. The standard InChI is InChI=1S/C24H29N5O3S/c1-3-19(22(30)27-17-7-5-4-6-8-17)33-24-28-21-20(25-13-14-26-21)23(31)29(24)15-16-9-11-18(32-2)12-10-16/h9-14,17,19H,3-8,15H2,1-2H3,(H,27,30)/t19-/m0/s1. The predicted molar refractivity (Wildman–Crippen MR) is 129 cm³/mol. The van der Waals surface area contributed by atoms with Crippen molar-refractivity contribution in [2.24, 2.45) is 0 Å². The van der Waals surface area contributed by atoms with Gasteiger partial charge >= 0.3 is 0 Å². The third-order valence-corrected chi connectivity index (χ3v) is 7.28. The van der Waals surface area contributed by atoms with E-state index < -0.39 is 0 Å². The van der Waals surface area contributed by atoms with E-state index in [2.05, 4.69) is 20.3 Å². The zero-order valence-electron chi connectivity index (χ0n) is 19.0. The van der Waals surface area contributed by atoms with E-state index in [1.54, 1.807) is 11.7 Å². The van der Waals surface area contributed by atoms with E-state index in [1.165, 1.54) is 30.6 Å². The minimum Gasteiger partial charge on any atom is -0.497 e. The topological polar surface area (TPSA) is 99.0 Å². The molecule has 0 bridgehead atoms. The van der Waals surface area contributed by atoms with Crippen LogP contribution < -0.4 is 15.6 Å². The molecular weight excluding hydrogens is 438 g/mol. The van der Waals surface area contributed by atoms with Gasteiger partial charge in [-0.2, -0.15) is 0 Å². The van der Waals surface area contributed by atoms with Gasteiger partial charge in [0.25, 0.3) is 5.56 Å². The minimum absolute atomic E-state index is 0.00103. The lowest BCUT2D eigenvalue weighted by atomic mass is 9.95. The molecule has 0 radical (unpaired) electrons. The van der Waals surface area contributed by atoms with Gasteiger partial charge in [0.05, 0.1) is 18.9 Å². The molecule has 9 heteroatoms. The van der Waals surface area contributed by atoms with Gasteiger partial charge in [-0.15, -0.1) is 0 Å². The summed E-state index contributed by atoms with van der Waals surface area (Å²) in [7, 11) is 1.61. The monoisotopic (exact) mass is 467 g/mol. The molecule has 1 atom stereocenters. The zero-order chi connectivity index (χ0) is 23.2. The van der Waals surface area contributed by atoms with Gasteiger partial charge in [-0.3, -0.25) is 14.2 Å². The Morgan fingerprint density at radius 2 is 1.91 bits per heavy atom. The first-order valence-corrected chi connectivity index (χ1v) is 12.3. The Balaban J connectivity index is 1.64. The molecule has 1 amide bonds. The van der Waals surface area contributed by atoms with Crippen molar-refractivity contribution in [2.75, 3.05) is 7.11 Å². The van der Waals surface area contributed by atoms with Gasteiger partial charge in [0, 0.05) is 18.4 Å². The van der Waals surface area contributed by atoms with E-state index in [0.717, 1.165) is 37.0 Å². The summed E-state index contributed by atoms with van der Waals surface area (Å²) >= 11 is 1.32. The van der Waals surface area contributed by atoms with E-state index in [4.69, 9.17) is 4.74 Å². The number of fused-ring (bicyclic) bond motifs is 1. The Hall–Kier alpha value is -2.94. The van der Waals surface area contributed by atoms with Crippen molar-refractivity contribution in [1.29, 1.82) is 0 Å². The largest absolute Gasteiger partial charge is 0.497 e. The molecule has 174 valence electrons. The number of carbonyl (C=O) groups is 1. The molecule has 0 saturated heterocycles. The van der Waals surface area contributed by atoms with Crippen molar-refractivity contribution in [1.82, 2.24) is 24.8 Å². The van der Waals surface area contributed by atoms with Crippen molar-refractivity contribution >= 4 is 28.8 Å². The lowest BCUT2D eigenvalue weighted by Gasteiger charge is -2.25. The summed E-state index contributed by atoms with van der Waals surface area (Å²) in [6, 6.07) is 7.77. The molecule has 1 saturated carbocycles. The fourth-order valence-electron chi connectivity index (χ4n) is 4.06. The third kappa shape index (κ3) is 5.52. The number of hydrogen-bond donors (Lipinski definition) is 1. The maximum atomic E-state index is 13.3. The average molecular weight is 468 g/mol. The van der Waals surface area contributed by atoms with E-state index in [1.807, 2.05) is 31.2 Å². The van der Waals surface area contributed by atoms with Crippen LogP contribution in [0.15, 0.2) is 46.6 Å². The van der Waals surface area contributed by atoms with Gasteiger partial charge in [0.2, 0.25) is 5.91 Å². The van der Waals surface area contributed by atoms with Gasteiger partial charge < -0.3 is 10.1 Å². The number of nitrogens with zero attached hydrogens (tertiary/aromatic N) is 4. The summed E-state index contributed by atoms with van der Waals surface area (Å²) in [6.07, 6.45) is 9.23. The van der Waals surface area contributed by atoms with Crippen molar-refractivity contribution in [3.05, 3.63) is 52.6 Å². The molecule has 1 fully saturated rings. The van der Waals surface area contributed by atoms with Crippen molar-refractivity contribution in [3.63, 3.8) is 0 Å². The highest BCUT2D eigenvalue weighted by Crippen LogP contribution is 2.26. The number of amides is 1. The molecule has 2 aromatic heterocycles. The number of aromatic nitrogens is 4. The molecule has 33 heavy (non-hydrogen) atoms. The van der Waals surface area contributed by atoms with Crippen LogP contribution in [0.1, 0.15) is 51.0 Å². The number of ether oxygens (including phenoxy) is 1. The number of thioether (sulfide) groups is 1. The highest BCUT2D eigenvalue weighted by molar-refractivity contribution is 8.00. The number of rotatable bonds is 8. The zero-order valence-corrected chi connectivity index (χ0v) is 19.8. The number of carbonyl (C=O) groups excluding carboxylic acids is 1. The quantitative estimate of drug-likeness (QED) is 0.399. The maximum Gasteiger partial charge on any atom is 0.282 e. The molecule has 0 unspecified atom stereocenters. The van der Waals surface area contributed by atoms with Crippen molar-refractivity contribution in [2.45, 2.75) is 68.4 Å². The van der Waals surface area contributed by atoms with Crippen molar-refractivity contribution < 1.29 is 9.53 Å². The van der Waals surface area contributed by atoms with E-state index in [9.17, 15) is 9.59 Å². The van der Waals surface area contributed by atoms with Gasteiger partial charge in [0.1, 0.15) is 5.75 Å². The maximum absolute atomic E-state index is 13.3. The number of hydrogen-bond acceptors (Lipinski definition) is 7. The Labute approximate surface area is 197 Å². The predicted octanol–water partition coefficient (Wildman–Crippen LogP) is 3.56. The summed E-state index contributed by atoms with van der Waals surface area (Å²) in [4.78, 5) is 39.4. The lowest BCUT2D eigenvalue weighted by molar-refractivity contribution is -0.121. The van der Waals surface area contributed by atoms with Gasteiger partial charge in [-0.1, -0.05) is 50.1 Å². The van der Waals surface area contributed by atoms with Crippen LogP contribution in [-0.4, -0.2) is 43.8 Å². The Bertz CT molecular complexity index is 1160. The Morgan fingerprint density at radius 1 is 1.18 bits per heavy atom. The van der Waals surface area contributed by atoms with Crippen LogP contribution in [0.5, 0.6) is 5.75 Å². The Kier molecular flexibility index (Phi) is 7.59. The van der Waals surface area contributed by atoms with Gasteiger partial charge in [-0.05, 0) is 37.0 Å². The highest BCUT2D eigenvalue weighted by Gasteiger charge is 2.25. The van der Waals surface area contributed by atoms with Crippen LogP contribution in [0.3, 0.4) is 0 Å². The van der Waals surface area contributed by atoms with E-state index in [0.29, 0.717) is 23.8 Å². The van der Waals surface area contributed by atoms with Crippen LogP contribution in [0.2, 0.25) is 0 Å². The smallest absolute Gasteiger partial charge is 0.282 e. The van der Waals surface area contributed by atoms with Crippen LogP contribution in [0.4, 0.5) is 0 Å². The molecule has 8 nitrogen and oxygen atoms in total. The highest BCUT2D eigenvalue weighted by atomic mass is 32.2. The molecule has 1 aromatic carbocycles. The molecular formula is C24H29N5O3S. The van der Waals surface area contributed by atoms with Gasteiger partial charge in [-0.25, -0.2) is 15.0 Å². The normalized spacial score (nSPS) is 15.3. The fourth-order valence-corrected chi connectivity index (χ4v) is 5.07. The van der Waals surface area contributed by atoms with Crippen LogP contribution in [0, 0.1) is 0 Å². The summed E-state index contributed by atoms with van der Waals surface area (Å²) in [5, 5.41) is 3.32. The number of nitrogens with one attached hydrogen (secondary N) is 1. The molecule has 4 rings (SSSR count). The number of methoxy groups -OCH3 is 1. The van der Waals surface area contributed by atoms with Crippen molar-refractivity contribution in [3.8, 4) is 5.75 Å². The SMILES string of the molecule is CC[C@H](Sc1nc2nccnc2c(=O)n1Cc1ccc(OC)cc1)C(=O)NC1CCCCC1. The van der Waals surface area contributed by atoms with Crippen LogP contribution in [-0.2, 0) is 11.3 Å². The Morgan fingerprint density at radius 3 is 2.61 bits per heavy atom. The minimum atomic E-state index is -0.352.